The molecule has 0 aromatic carbocycles. The van der Waals surface area contributed by atoms with Crippen LogP contribution in [0.3, 0.4) is 0 Å². The topological polar surface area (TPSA) is 124 Å². The molecule has 0 amide bonds. The number of hydrogen-bond donors (Lipinski definition) is 0. The van der Waals surface area contributed by atoms with Gasteiger partial charge in [0.25, 0.3) is 0 Å². The van der Waals surface area contributed by atoms with Gasteiger partial charge in [-0.2, -0.15) is 8.42 Å². The number of carbonyl (C=O) groups excluding carboxylic acids is 2. The fourth-order valence-electron chi connectivity index (χ4n) is 0. The average Bonchev–Trinajstić information content (AvgIpc) is 1.83. The fourth-order valence-corrected chi connectivity index (χ4v) is 0. The molecule has 0 bridgehead atoms. The molecule has 0 radical (unpaired) electrons. The third-order valence-corrected chi connectivity index (χ3v) is 0.226. The molecule has 0 atom stereocenters. The van der Waals surface area contributed by atoms with E-state index in [1.165, 1.54) is 0 Å². The number of aliphatic carboxylic acids is 2. The summed E-state index contributed by atoms with van der Waals surface area (Å²) in [5, 5.41) is 17.8. The first-order valence-corrected chi connectivity index (χ1v) is 3.93. The van der Waals surface area contributed by atoms with Gasteiger partial charge in [0.15, 0.2) is 0 Å². The number of rotatable bonds is 1. The van der Waals surface area contributed by atoms with Crippen molar-refractivity contribution in [3.05, 3.63) is 0 Å². The van der Waals surface area contributed by atoms with Crippen molar-refractivity contribution in [1.82, 2.24) is 0 Å². The predicted molar refractivity (Wildman–Crippen MR) is 33.6 cm³/mol. The summed E-state index contributed by atoms with van der Waals surface area (Å²) in [4.78, 5) is 17.8. The zero-order valence-electron chi connectivity index (χ0n) is 9.02. The molecule has 0 heterocycles. The number of halogens is 2. The molecule has 0 spiro atoms. The van der Waals surface area contributed by atoms with E-state index in [4.69, 9.17) is 28.2 Å². The molecule has 0 saturated heterocycles. The first-order chi connectivity index (χ1) is 6.02. The van der Waals surface area contributed by atoms with E-state index in [9.17, 15) is 8.41 Å². The van der Waals surface area contributed by atoms with Crippen LogP contribution in [0.2, 0.25) is 0 Å². The van der Waals surface area contributed by atoms with E-state index in [-0.39, 0.29) is 59.1 Å². The Morgan fingerprint density at radius 2 is 1.12 bits per heavy atom. The Morgan fingerprint density at radius 1 is 1.06 bits per heavy atom. The molecule has 0 rings (SSSR count). The van der Waals surface area contributed by atoms with Crippen LogP contribution in [0.15, 0.2) is 0 Å². The monoisotopic (exact) mass is 282 g/mol. The quantitative estimate of drug-likeness (QED) is 0.345. The first kappa shape index (κ1) is 30.1. The minimum absolute atomic E-state index is 0. The maximum Gasteiger partial charge on any atom is 1.00 e. The second kappa shape index (κ2) is 18.1. The Hall–Kier alpha value is 0.710. The third-order valence-electron chi connectivity index (χ3n) is 0.0752. The van der Waals surface area contributed by atoms with Gasteiger partial charge in [-0.3, -0.25) is 0 Å². The minimum atomic E-state index is -5.33. The number of hydrogen-bond acceptors (Lipinski definition) is 7. The summed E-state index contributed by atoms with van der Waals surface area (Å²) in [7, 11) is -5.33. The van der Waals surface area contributed by atoms with Crippen molar-refractivity contribution < 1.29 is 100 Å². The van der Waals surface area contributed by atoms with Crippen molar-refractivity contribution in [2.45, 2.75) is 13.8 Å². The number of carboxylic acid groups (broad SMARTS) is 2. The van der Waals surface area contributed by atoms with Crippen LogP contribution in [-0.4, -0.2) is 20.4 Å². The standard InChI is InChI=1S/2C2H4O2.F2O3S.2Na/c2*1-2(3)4;1-5-6(2,3)4;;/h2*1H3,(H,3,4);;;/q;;;2*+1/p-2. The van der Waals surface area contributed by atoms with Gasteiger partial charge in [-0.1, -0.05) is 3.89 Å². The molecule has 0 N–H and O–H groups in total. The van der Waals surface area contributed by atoms with Crippen LogP contribution in [0, 0.1) is 0 Å². The molecule has 0 unspecified atom stereocenters. The largest absolute Gasteiger partial charge is 1.00 e. The minimum Gasteiger partial charge on any atom is -0.550 e. The molecule has 0 aromatic heterocycles. The van der Waals surface area contributed by atoms with Gasteiger partial charge < -0.3 is 19.8 Å². The van der Waals surface area contributed by atoms with Crippen LogP contribution in [0.5, 0.6) is 0 Å². The Bertz CT molecular complexity index is 248. The van der Waals surface area contributed by atoms with E-state index in [2.05, 4.69) is 0 Å². The molecular formula is C4H6F2Na2O7S. The van der Waals surface area contributed by atoms with Gasteiger partial charge in [-0.25, -0.2) is 0 Å². The molecule has 86 valence electrons. The summed E-state index contributed by atoms with van der Waals surface area (Å²) in [6.45, 7) is 1.94. The summed E-state index contributed by atoms with van der Waals surface area (Å²) in [6, 6.07) is 0. The smallest absolute Gasteiger partial charge is 0.550 e. The third kappa shape index (κ3) is 201. The molecule has 12 heteroatoms. The molecule has 0 aliphatic heterocycles. The normalized spacial score (nSPS) is 7.50. The van der Waals surface area contributed by atoms with E-state index in [1.807, 2.05) is 0 Å². The van der Waals surface area contributed by atoms with Crippen molar-refractivity contribution >= 4 is 22.4 Å². The summed E-state index contributed by atoms with van der Waals surface area (Å²) < 4.78 is 39.7. The summed E-state index contributed by atoms with van der Waals surface area (Å²) in [6.07, 6.45) is 0. The molecule has 7 nitrogen and oxygen atoms in total. The van der Waals surface area contributed by atoms with Crippen molar-refractivity contribution in [3.8, 4) is 0 Å². The van der Waals surface area contributed by atoms with Crippen LogP contribution in [-0.2, 0) is 24.5 Å². The van der Waals surface area contributed by atoms with Gasteiger partial charge in [0, 0.05) is 11.9 Å². The van der Waals surface area contributed by atoms with Gasteiger partial charge in [-0.05, 0) is 22.8 Å². The summed E-state index contributed by atoms with van der Waals surface area (Å²) >= 11 is 0. The number of carboxylic acids is 2. The molecule has 0 aliphatic rings. The summed E-state index contributed by atoms with van der Waals surface area (Å²) in [5.74, 6) is -2.17. The Morgan fingerprint density at radius 3 is 1.12 bits per heavy atom. The summed E-state index contributed by atoms with van der Waals surface area (Å²) in [5.41, 5.74) is 0. The van der Waals surface area contributed by atoms with Gasteiger partial charge in [0.05, 0.1) is 0 Å². The molecular weight excluding hydrogens is 276 g/mol. The van der Waals surface area contributed by atoms with Gasteiger partial charge in [0.1, 0.15) is 0 Å². The molecule has 16 heavy (non-hydrogen) atoms. The SMILES string of the molecule is CC(=O)[O-].CC(=O)[O-].O=S(=O)(F)OF.[Na+].[Na+]. The second-order valence-corrected chi connectivity index (χ2v) is 2.35. The molecule has 0 aliphatic carbocycles. The van der Waals surface area contributed by atoms with Crippen LogP contribution < -0.4 is 69.3 Å². The van der Waals surface area contributed by atoms with E-state index >= 15 is 0 Å². The molecule has 0 aromatic rings. The van der Waals surface area contributed by atoms with Crippen molar-refractivity contribution in [1.29, 1.82) is 0 Å². The Kier molecular flexibility index (Phi) is 34.0. The van der Waals surface area contributed by atoms with Crippen LogP contribution in [0.4, 0.5) is 8.41 Å². The first-order valence-electron chi connectivity index (χ1n) is 2.63. The van der Waals surface area contributed by atoms with Crippen LogP contribution in [0.25, 0.3) is 0 Å². The molecule has 0 saturated carbocycles. The van der Waals surface area contributed by atoms with Crippen LogP contribution >= 0.6 is 0 Å². The zero-order valence-corrected chi connectivity index (χ0v) is 13.8. The predicted octanol–water partition coefficient (Wildman–Crippen LogP) is -8.38. The Labute approximate surface area is 135 Å². The maximum absolute atomic E-state index is 10.5. The van der Waals surface area contributed by atoms with E-state index in [0.717, 1.165) is 13.8 Å². The van der Waals surface area contributed by atoms with Gasteiger partial charge in [0.2, 0.25) is 0 Å². The maximum atomic E-state index is 10.5. The van der Waals surface area contributed by atoms with Gasteiger partial charge in [-0.15, -0.1) is 0 Å². The average molecular weight is 282 g/mol. The zero-order chi connectivity index (χ0) is 12.4. The van der Waals surface area contributed by atoms with E-state index < -0.39 is 22.4 Å². The number of carbonyl (C=O) groups is 2. The van der Waals surface area contributed by atoms with Crippen LogP contribution in [0.1, 0.15) is 13.8 Å². The Balaban J connectivity index is -0.0000000367. The van der Waals surface area contributed by atoms with Crippen molar-refractivity contribution in [3.63, 3.8) is 0 Å². The molecule has 0 fully saturated rings. The van der Waals surface area contributed by atoms with Gasteiger partial charge >= 0.3 is 69.6 Å². The second-order valence-electron chi connectivity index (χ2n) is 1.44. The van der Waals surface area contributed by atoms with E-state index in [0.29, 0.717) is 0 Å². The van der Waals surface area contributed by atoms with E-state index in [1.54, 1.807) is 4.39 Å². The fraction of sp³-hybridized carbons (Fsp3) is 0.500. The van der Waals surface area contributed by atoms with Crippen molar-refractivity contribution in [2.24, 2.45) is 0 Å². The van der Waals surface area contributed by atoms with Crippen molar-refractivity contribution in [2.75, 3.05) is 0 Å².